The smallest absolute Gasteiger partial charge is 0.381 e. The van der Waals surface area contributed by atoms with E-state index in [1.54, 1.807) is 11.3 Å². The highest BCUT2D eigenvalue weighted by Gasteiger charge is 2.37. The van der Waals surface area contributed by atoms with Crippen LogP contribution in [0.15, 0.2) is 28.9 Å². The Hall–Kier alpha value is -3.12. The third-order valence-electron chi connectivity index (χ3n) is 5.68. The van der Waals surface area contributed by atoms with Gasteiger partial charge in [0.1, 0.15) is 5.01 Å². The normalized spacial score (nSPS) is 15.2. The van der Waals surface area contributed by atoms with Crippen LogP contribution in [-0.2, 0) is 23.9 Å². The molecule has 0 aliphatic carbocycles. The topological polar surface area (TPSA) is 98.9 Å². The summed E-state index contributed by atoms with van der Waals surface area (Å²) < 4.78 is 48.5. The molecule has 1 aliphatic rings. The van der Waals surface area contributed by atoms with Crippen molar-refractivity contribution in [3.8, 4) is 10.6 Å². The molecule has 3 aromatic heterocycles. The Morgan fingerprint density at radius 3 is 2.68 bits per heavy atom. The van der Waals surface area contributed by atoms with E-state index < -0.39 is 12.0 Å². The maximum atomic E-state index is 12.8. The lowest BCUT2D eigenvalue weighted by molar-refractivity contribution is -0.146. The standard InChI is InChI=1S/C22H21F3N6O2S/c1-12-10-27-20(34-12)14-2-3-15-16(9-14)19(26-11-18-28-21(31-33-18)22(23,24)25)30-29-17(15)8-13-4-6-32-7-5-13/h2-3,9-10,13H,4-8,11H2,1H3,(H,26,30). The minimum absolute atomic E-state index is 0.118. The van der Waals surface area contributed by atoms with Crippen LogP contribution in [0, 0.1) is 12.8 Å². The number of aryl methyl sites for hydroxylation is 1. The predicted molar refractivity (Wildman–Crippen MR) is 119 cm³/mol. The zero-order chi connectivity index (χ0) is 23.7. The Bertz CT molecular complexity index is 1300. The van der Waals surface area contributed by atoms with Crippen LogP contribution in [0.25, 0.3) is 21.3 Å². The number of alkyl halides is 3. The zero-order valence-electron chi connectivity index (χ0n) is 18.2. The molecular formula is C22H21F3N6O2S. The second kappa shape index (κ2) is 9.26. The van der Waals surface area contributed by atoms with E-state index in [1.165, 1.54) is 0 Å². The Morgan fingerprint density at radius 2 is 1.97 bits per heavy atom. The van der Waals surface area contributed by atoms with E-state index in [4.69, 9.17) is 9.26 Å². The molecule has 1 aliphatic heterocycles. The average Bonchev–Trinajstić information content (AvgIpc) is 3.48. The molecule has 12 heteroatoms. The molecule has 5 rings (SSSR count). The molecule has 1 aromatic carbocycles. The van der Waals surface area contributed by atoms with Gasteiger partial charge < -0.3 is 14.6 Å². The summed E-state index contributed by atoms with van der Waals surface area (Å²) in [5.74, 6) is -0.619. The lowest BCUT2D eigenvalue weighted by atomic mass is 9.93. The first-order chi connectivity index (χ1) is 16.4. The highest BCUT2D eigenvalue weighted by Crippen LogP contribution is 2.33. The largest absolute Gasteiger partial charge is 0.455 e. The number of aromatic nitrogens is 5. The van der Waals surface area contributed by atoms with Crippen LogP contribution >= 0.6 is 11.3 Å². The molecule has 0 amide bonds. The number of ether oxygens (including phenoxy) is 1. The maximum absolute atomic E-state index is 12.8. The average molecular weight is 491 g/mol. The van der Waals surface area contributed by atoms with Crippen molar-refractivity contribution in [3.05, 3.63) is 46.7 Å². The first-order valence-electron chi connectivity index (χ1n) is 10.8. The molecule has 178 valence electrons. The van der Waals surface area contributed by atoms with Crippen molar-refractivity contribution in [2.24, 2.45) is 5.92 Å². The first kappa shape index (κ1) is 22.7. The van der Waals surface area contributed by atoms with Gasteiger partial charge in [-0.15, -0.1) is 16.4 Å². The number of thiazole rings is 1. The van der Waals surface area contributed by atoms with E-state index in [1.807, 2.05) is 31.3 Å². The number of rotatable bonds is 6. The number of hydrogen-bond acceptors (Lipinski definition) is 9. The van der Waals surface area contributed by atoms with Gasteiger partial charge in [-0.3, -0.25) is 0 Å². The van der Waals surface area contributed by atoms with Crippen molar-refractivity contribution in [1.82, 2.24) is 25.3 Å². The van der Waals surface area contributed by atoms with Gasteiger partial charge in [0.15, 0.2) is 5.82 Å². The highest BCUT2D eigenvalue weighted by atomic mass is 32.1. The predicted octanol–water partition coefficient (Wildman–Crippen LogP) is 5.04. The van der Waals surface area contributed by atoms with Gasteiger partial charge in [-0.1, -0.05) is 17.3 Å². The molecule has 4 aromatic rings. The molecule has 0 saturated carbocycles. The van der Waals surface area contributed by atoms with Crippen molar-refractivity contribution in [2.75, 3.05) is 18.5 Å². The number of benzene rings is 1. The molecule has 0 bridgehead atoms. The Kier molecular flexibility index (Phi) is 6.17. The molecule has 8 nitrogen and oxygen atoms in total. The molecule has 0 radical (unpaired) electrons. The summed E-state index contributed by atoms with van der Waals surface area (Å²) in [5.41, 5.74) is 1.81. The van der Waals surface area contributed by atoms with Gasteiger partial charge >= 0.3 is 6.18 Å². The van der Waals surface area contributed by atoms with Crippen molar-refractivity contribution in [1.29, 1.82) is 0 Å². The third kappa shape index (κ3) is 4.87. The Balaban J connectivity index is 1.47. The zero-order valence-corrected chi connectivity index (χ0v) is 19.0. The summed E-state index contributed by atoms with van der Waals surface area (Å²) in [7, 11) is 0. The fraction of sp³-hybridized carbons (Fsp3) is 0.409. The van der Waals surface area contributed by atoms with Gasteiger partial charge in [0.25, 0.3) is 5.82 Å². The Labute approximate surface area is 196 Å². The quantitative estimate of drug-likeness (QED) is 0.401. The fourth-order valence-corrected chi connectivity index (χ4v) is 4.70. The van der Waals surface area contributed by atoms with Gasteiger partial charge in [-0.25, -0.2) is 4.98 Å². The monoisotopic (exact) mass is 490 g/mol. The van der Waals surface area contributed by atoms with Crippen LogP contribution in [0.4, 0.5) is 19.0 Å². The number of hydrogen-bond donors (Lipinski definition) is 1. The Morgan fingerprint density at radius 1 is 1.15 bits per heavy atom. The second-order valence-electron chi connectivity index (χ2n) is 8.15. The maximum Gasteiger partial charge on any atom is 0.455 e. The summed E-state index contributed by atoms with van der Waals surface area (Å²) in [4.78, 5) is 8.97. The van der Waals surface area contributed by atoms with E-state index in [0.717, 1.165) is 64.4 Å². The summed E-state index contributed by atoms with van der Waals surface area (Å²) in [6, 6.07) is 5.99. The summed E-state index contributed by atoms with van der Waals surface area (Å²) in [5, 5.41) is 17.4. The van der Waals surface area contributed by atoms with Crippen LogP contribution in [0.5, 0.6) is 0 Å². The van der Waals surface area contributed by atoms with E-state index in [-0.39, 0.29) is 12.4 Å². The lowest BCUT2D eigenvalue weighted by Crippen LogP contribution is -2.18. The number of halogens is 3. The van der Waals surface area contributed by atoms with E-state index >= 15 is 0 Å². The third-order valence-corrected chi connectivity index (χ3v) is 6.64. The van der Waals surface area contributed by atoms with Gasteiger partial charge in [0.05, 0.1) is 12.2 Å². The SMILES string of the molecule is Cc1cnc(-c2ccc3c(CC4CCOCC4)nnc(NCc4nc(C(F)(F)F)no4)c3c2)s1. The molecule has 0 spiro atoms. The minimum Gasteiger partial charge on any atom is -0.381 e. The van der Waals surface area contributed by atoms with E-state index in [0.29, 0.717) is 11.7 Å². The summed E-state index contributed by atoms with van der Waals surface area (Å²) in [6.45, 7) is 3.36. The number of anilines is 1. The fourth-order valence-electron chi connectivity index (χ4n) is 3.94. The summed E-state index contributed by atoms with van der Waals surface area (Å²) in [6.07, 6.45) is -0.127. The van der Waals surface area contributed by atoms with Crippen molar-refractivity contribution < 1.29 is 22.4 Å². The van der Waals surface area contributed by atoms with E-state index in [9.17, 15) is 13.2 Å². The lowest BCUT2D eigenvalue weighted by Gasteiger charge is -2.22. The number of fused-ring (bicyclic) bond motifs is 1. The first-order valence-corrected chi connectivity index (χ1v) is 11.6. The van der Waals surface area contributed by atoms with Crippen LogP contribution in [0.3, 0.4) is 0 Å². The van der Waals surface area contributed by atoms with Gasteiger partial charge in [0.2, 0.25) is 5.89 Å². The molecule has 34 heavy (non-hydrogen) atoms. The van der Waals surface area contributed by atoms with Crippen LogP contribution in [-0.4, -0.2) is 38.5 Å². The number of nitrogens with zero attached hydrogens (tertiary/aromatic N) is 5. The molecule has 0 atom stereocenters. The molecule has 0 unspecified atom stereocenters. The van der Waals surface area contributed by atoms with Crippen molar-refractivity contribution in [3.63, 3.8) is 0 Å². The second-order valence-corrected chi connectivity index (χ2v) is 9.39. The molecule has 4 heterocycles. The van der Waals surface area contributed by atoms with Crippen molar-refractivity contribution >= 4 is 27.9 Å². The number of nitrogens with one attached hydrogen (secondary N) is 1. The summed E-state index contributed by atoms with van der Waals surface area (Å²) >= 11 is 1.58. The van der Waals surface area contributed by atoms with Crippen LogP contribution < -0.4 is 5.32 Å². The molecule has 1 saturated heterocycles. The van der Waals surface area contributed by atoms with E-state index in [2.05, 4.69) is 30.6 Å². The highest BCUT2D eigenvalue weighted by molar-refractivity contribution is 7.14. The molecular weight excluding hydrogens is 469 g/mol. The van der Waals surface area contributed by atoms with Crippen LogP contribution in [0.2, 0.25) is 0 Å². The minimum atomic E-state index is -4.67. The van der Waals surface area contributed by atoms with Crippen molar-refractivity contribution in [2.45, 2.75) is 38.9 Å². The van der Waals surface area contributed by atoms with Gasteiger partial charge in [-0.05, 0) is 38.2 Å². The molecule has 1 N–H and O–H groups in total. The molecule has 1 fully saturated rings. The van der Waals surface area contributed by atoms with Gasteiger partial charge in [0, 0.05) is 40.6 Å². The van der Waals surface area contributed by atoms with Gasteiger partial charge in [-0.2, -0.15) is 23.3 Å². The van der Waals surface area contributed by atoms with Crippen LogP contribution in [0.1, 0.15) is 35.1 Å².